The van der Waals surface area contributed by atoms with Gasteiger partial charge in [0.15, 0.2) is 0 Å². The van der Waals surface area contributed by atoms with E-state index in [1.165, 1.54) is 5.56 Å². The lowest BCUT2D eigenvalue weighted by Gasteiger charge is -2.25. The number of hydrogen-bond acceptors (Lipinski definition) is 2. The molecule has 0 amide bonds. The van der Waals surface area contributed by atoms with E-state index in [9.17, 15) is 13.2 Å². The summed E-state index contributed by atoms with van der Waals surface area (Å²) in [5.41, 5.74) is 3.36. The molecular formula is C15H19F3N2. The van der Waals surface area contributed by atoms with E-state index in [2.05, 4.69) is 11.4 Å². The fraction of sp³-hybridized carbons (Fsp3) is 0.600. The molecule has 0 unspecified atom stereocenters. The minimum atomic E-state index is -4.11. The van der Waals surface area contributed by atoms with Crippen LogP contribution in [0.2, 0.25) is 0 Å². The third-order valence-electron chi connectivity index (χ3n) is 3.94. The van der Waals surface area contributed by atoms with Crippen LogP contribution in [-0.2, 0) is 13.0 Å². The maximum absolute atomic E-state index is 12.6. The van der Waals surface area contributed by atoms with Crippen molar-refractivity contribution in [1.82, 2.24) is 4.90 Å². The molecule has 0 spiro atoms. The summed E-state index contributed by atoms with van der Waals surface area (Å²) in [6, 6.07) is 6.13. The quantitative estimate of drug-likeness (QED) is 0.909. The van der Waals surface area contributed by atoms with E-state index >= 15 is 0 Å². The van der Waals surface area contributed by atoms with Crippen molar-refractivity contribution in [2.45, 2.75) is 44.4 Å². The molecule has 1 heterocycles. The minimum Gasteiger partial charge on any atom is -0.385 e. The largest absolute Gasteiger partial charge is 0.401 e. The number of rotatable bonds is 4. The number of benzene rings is 1. The van der Waals surface area contributed by atoms with E-state index in [0.29, 0.717) is 6.54 Å². The van der Waals surface area contributed by atoms with Crippen LogP contribution in [0.3, 0.4) is 0 Å². The van der Waals surface area contributed by atoms with Crippen molar-refractivity contribution in [3.63, 3.8) is 0 Å². The first-order valence-electron chi connectivity index (χ1n) is 7.18. The van der Waals surface area contributed by atoms with Crippen LogP contribution in [0.25, 0.3) is 0 Å². The highest BCUT2D eigenvalue weighted by Crippen LogP contribution is 2.32. The van der Waals surface area contributed by atoms with Gasteiger partial charge in [-0.05, 0) is 42.9 Å². The topological polar surface area (TPSA) is 15.3 Å². The highest BCUT2D eigenvalue weighted by atomic mass is 19.4. The number of hydrogen-bond donors (Lipinski definition) is 1. The Balaban J connectivity index is 1.71. The fourth-order valence-corrected chi connectivity index (χ4v) is 2.85. The van der Waals surface area contributed by atoms with Crippen molar-refractivity contribution in [1.29, 1.82) is 0 Å². The molecule has 1 aliphatic carbocycles. The van der Waals surface area contributed by atoms with Crippen LogP contribution in [0, 0.1) is 0 Å². The lowest BCUT2D eigenvalue weighted by molar-refractivity contribution is -0.148. The first-order chi connectivity index (χ1) is 9.51. The fourth-order valence-electron chi connectivity index (χ4n) is 2.85. The molecule has 0 aromatic heterocycles. The number of nitrogens with zero attached hydrogens (tertiary/aromatic N) is 1. The molecule has 1 aromatic rings. The Bertz CT molecular complexity index is 480. The summed E-state index contributed by atoms with van der Waals surface area (Å²) >= 11 is 0. The van der Waals surface area contributed by atoms with E-state index in [4.69, 9.17) is 0 Å². The van der Waals surface area contributed by atoms with E-state index < -0.39 is 12.7 Å². The number of nitrogens with one attached hydrogen (secondary N) is 1. The Morgan fingerprint density at radius 1 is 1.25 bits per heavy atom. The predicted molar refractivity (Wildman–Crippen MR) is 72.7 cm³/mol. The van der Waals surface area contributed by atoms with Crippen molar-refractivity contribution in [3.8, 4) is 0 Å². The highest BCUT2D eigenvalue weighted by molar-refractivity contribution is 5.54. The van der Waals surface area contributed by atoms with E-state index in [1.807, 2.05) is 12.1 Å². The minimum absolute atomic E-state index is 0.116. The van der Waals surface area contributed by atoms with Crippen molar-refractivity contribution in [2.24, 2.45) is 0 Å². The lowest BCUT2D eigenvalue weighted by atomic mass is 10.0. The van der Waals surface area contributed by atoms with Gasteiger partial charge < -0.3 is 5.32 Å². The molecule has 110 valence electrons. The summed E-state index contributed by atoms with van der Waals surface area (Å²) in [5.74, 6) is 0. The van der Waals surface area contributed by atoms with Crippen LogP contribution in [0.15, 0.2) is 18.2 Å². The molecular weight excluding hydrogens is 265 g/mol. The zero-order chi connectivity index (χ0) is 14.2. The number of fused-ring (bicyclic) bond motifs is 1. The first-order valence-corrected chi connectivity index (χ1v) is 7.18. The van der Waals surface area contributed by atoms with Gasteiger partial charge in [0.2, 0.25) is 0 Å². The van der Waals surface area contributed by atoms with Crippen LogP contribution in [0.4, 0.5) is 18.9 Å². The Hall–Kier alpha value is -1.23. The zero-order valence-electron chi connectivity index (χ0n) is 11.3. The molecule has 5 heteroatoms. The Morgan fingerprint density at radius 2 is 2.05 bits per heavy atom. The van der Waals surface area contributed by atoms with Crippen molar-refractivity contribution >= 4 is 5.69 Å². The SMILES string of the molecule is FC(F)(F)CN(Cc1ccc2c(c1)CCCN2)C1CC1. The second-order valence-electron chi connectivity index (χ2n) is 5.77. The molecule has 3 rings (SSSR count). The molecule has 20 heavy (non-hydrogen) atoms. The summed E-state index contributed by atoms with van der Waals surface area (Å²) in [7, 11) is 0. The van der Waals surface area contributed by atoms with Gasteiger partial charge in [-0.25, -0.2) is 0 Å². The summed E-state index contributed by atoms with van der Waals surface area (Å²) in [5, 5.41) is 3.32. The number of alkyl halides is 3. The second-order valence-corrected chi connectivity index (χ2v) is 5.77. The average Bonchev–Trinajstić information content (AvgIpc) is 3.20. The third kappa shape index (κ3) is 3.45. The summed E-state index contributed by atoms with van der Waals surface area (Å²) in [4.78, 5) is 1.57. The van der Waals surface area contributed by atoms with Gasteiger partial charge in [0.1, 0.15) is 0 Å². The van der Waals surface area contributed by atoms with Crippen LogP contribution >= 0.6 is 0 Å². The highest BCUT2D eigenvalue weighted by Gasteiger charge is 2.37. The maximum atomic E-state index is 12.6. The molecule has 1 aromatic carbocycles. The van der Waals surface area contributed by atoms with Gasteiger partial charge in [-0.1, -0.05) is 12.1 Å². The number of anilines is 1. The second kappa shape index (κ2) is 5.28. The molecule has 0 bridgehead atoms. The van der Waals surface area contributed by atoms with Gasteiger partial charge in [0, 0.05) is 24.8 Å². The Morgan fingerprint density at radius 3 is 2.75 bits per heavy atom. The molecule has 2 aliphatic rings. The molecule has 1 aliphatic heterocycles. The van der Waals surface area contributed by atoms with Gasteiger partial charge in [-0.3, -0.25) is 4.90 Å². The summed E-state index contributed by atoms with van der Waals surface area (Å²) in [6.07, 6.45) is -0.228. The van der Waals surface area contributed by atoms with E-state index in [0.717, 1.165) is 43.5 Å². The van der Waals surface area contributed by atoms with Crippen LogP contribution in [0.1, 0.15) is 30.4 Å². The van der Waals surface area contributed by atoms with E-state index in [1.54, 1.807) is 4.90 Å². The molecule has 0 radical (unpaired) electrons. The normalized spacial score (nSPS) is 18.8. The summed E-state index contributed by atoms with van der Waals surface area (Å²) in [6.45, 7) is 0.582. The van der Waals surface area contributed by atoms with Gasteiger partial charge in [0.25, 0.3) is 0 Å². The number of aryl methyl sites for hydroxylation is 1. The van der Waals surface area contributed by atoms with Crippen molar-refractivity contribution in [2.75, 3.05) is 18.4 Å². The average molecular weight is 284 g/mol. The molecule has 1 saturated carbocycles. The van der Waals surface area contributed by atoms with Crippen LogP contribution in [-0.4, -0.2) is 30.2 Å². The Labute approximate surface area is 117 Å². The zero-order valence-corrected chi connectivity index (χ0v) is 11.3. The molecule has 0 saturated heterocycles. The Kier molecular flexibility index (Phi) is 3.63. The molecule has 1 fully saturated rings. The van der Waals surface area contributed by atoms with Gasteiger partial charge in [-0.15, -0.1) is 0 Å². The van der Waals surface area contributed by atoms with Gasteiger partial charge >= 0.3 is 6.18 Å². The van der Waals surface area contributed by atoms with Crippen LogP contribution in [0.5, 0.6) is 0 Å². The van der Waals surface area contributed by atoms with Gasteiger partial charge in [0.05, 0.1) is 6.54 Å². The third-order valence-corrected chi connectivity index (χ3v) is 3.94. The first kappa shape index (κ1) is 13.7. The predicted octanol–water partition coefficient (Wildman–Crippen LogP) is 3.57. The molecule has 2 nitrogen and oxygen atoms in total. The van der Waals surface area contributed by atoms with Crippen molar-refractivity contribution in [3.05, 3.63) is 29.3 Å². The maximum Gasteiger partial charge on any atom is 0.401 e. The van der Waals surface area contributed by atoms with Crippen LogP contribution < -0.4 is 5.32 Å². The van der Waals surface area contributed by atoms with Crippen molar-refractivity contribution < 1.29 is 13.2 Å². The summed E-state index contributed by atoms with van der Waals surface area (Å²) < 4.78 is 37.9. The standard InChI is InChI=1S/C15H19F3N2/c16-15(17,18)10-20(13-4-5-13)9-11-3-6-14-12(8-11)2-1-7-19-14/h3,6,8,13,19H,1-2,4-5,7,9-10H2. The van der Waals surface area contributed by atoms with Gasteiger partial charge in [-0.2, -0.15) is 13.2 Å². The monoisotopic (exact) mass is 284 g/mol. The van der Waals surface area contributed by atoms with E-state index in [-0.39, 0.29) is 6.04 Å². The lowest BCUT2D eigenvalue weighted by Crippen LogP contribution is -2.35. The number of halogens is 3. The molecule has 1 N–H and O–H groups in total. The smallest absolute Gasteiger partial charge is 0.385 e. The molecule has 0 atom stereocenters.